The molecule has 0 radical (unpaired) electrons. The zero-order valence-corrected chi connectivity index (χ0v) is 17.9. The molecule has 3 aromatic rings. The molecule has 5 nitrogen and oxygen atoms in total. The van der Waals surface area contributed by atoms with E-state index < -0.39 is 40.8 Å². The number of carbonyl (C=O) groups excluding carboxylic acids is 1. The second-order valence-electron chi connectivity index (χ2n) is 6.74. The normalized spacial score (nSPS) is 12.8. The van der Waals surface area contributed by atoms with Gasteiger partial charge in [-0.15, -0.1) is 24.5 Å². The van der Waals surface area contributed by atoms with Crippen LogP contribution in [-0.2, 0) is 6.18 Å². The summed E-state index contributed by atoms with van der Waals surface area (Å²) in [5.41, 5.74) is -0.825. The first-order valence-electron chi connectivity index (χ1n) is 9.26. The van der Waals surface area contributed by atoms with Gasteiger partial charge in [-0.1, -0.05) is 24.3 Å². The number of methoxy groups -OCH3 is 1. The fourth-order valence-electron chi connectivity index (χ4n) is 2.87. The van der Waals surface area contributed by atoms with Crippen LogP contribution in [0.25, 0.3) is 10.6 Å². The number of amides is 1. The summed E-state index contributed by atoms with van der Waals surface area (Å²) in [5.74, 6) is -1.18. The lowest BCUT2D eigenvalue weighted by molar-refractivity contribution is -0.274. The van der Waals surface area contributed by atoms with Gasteiger partial charge in [-0.3, -0.25) is 4.79 Å². The number of hydrogen-bond donors (Lipinski definition) is 1. The maximum Gasteiger partial charge on any atom is 0.573 e. The predicted molar refractivity (Wildman–Crippen MR) is 108 cm³/mol. The number of halogens is 6. The molecule has 1 heterocycles. The number of thiazole rings is 1. The van der Waals surface area contributed by atoms with Gasteiger partial charge in [0.1, 0.15) is 21.4 Å². The Morgan fingerprint density at radius 1 is 1.03 bits per heavy atom. The first kappa shape index (κ1) is 24.4. The summed E-state index contributed by atoms with van der Waals surface area (Å²) >= 11 is 0.543. The molecule has 2 aromatic carbocycles. The number of alkyl halides is 6. The lowest BCUT2D eigenvalue weighted by Crippen LogP contribution is -2.28. The summed E-state index contributed by atoms with van der Waals surface area (Å²) in [6.07, 6.45) is -9.81. The monoisotopic (exact) mass is 490 g/mol. The largest absolute Gasteiger partial charge is 0.573 e. The van der Waals surface area contributed by atoms with Crippen molar-refractivity contribution in [2.45, 2.75) is 25.5 Å². The maximum atomic E-state index is 13.6. The number of nitrogens with zero attached hydrogens (tertiary/aromatic N) is 1. The molecule has 1 N–H and O–H groups in total. The number of carbonyl (C=O) groups is 1. The maximum absolute atomic E-state index is 13.6. The quantitative estimate of drug-likeness (QED) is 0.417. The second kappa shape index (κ2) is 9.30. The highest BCUT2D eigenvalue weighted by Crippen LogP contribution is 2.38. The van der Waals surface area contributed by atoms with Gasteiger partial charge in [0, 0.05) is 5.56 Å². The Kier molecular flexibility index (Phi) is 6.86. The molecule has 0 spiro atoms. The zero-order valence-electron chi connectivity index (χ0n) is 17.0. The van der Waals surface area contributed by atoms with Crippen LogP contribution < -0.4 is 14.8 Å². The van der Waals surface area contributed by atoms with Crippen LogP contribution in [-0.4, -0.2) is 24.4 Å². The van der Waals surface area contributed by atoms with Crippen LogP contribution in [0.15, 0.2) is 48.5 Å². The van der Waals surface area contributed by atoms with E-state index in [1.165, 1.54) is 38.3 Å². The molecule has 1 atom stereocenters. The van der Waals surface area contributed by atoms with Crippen molar-refractivity contribution < 1.29 is 40.6 Å². The zero-order chi connectivity index (χ0) is 24.4. The smallest absolute Gasteiger partial charge is 0.497 e. The van der Waals surface area contributed by atoms with E-state index >= 15 is 0 Å². The molecule has 12 heteroatoms. The fourth-order valence-corrected chi connectivity index (χ4v) is 3.86. The number of benzene rings is 2. The van der Waals surface area contributed by atoms with Gasteiger partial charge in [-0.25, -0.2) is 4.98 Å². The molecule has 3 rings (SSSR count). The summed E-state index contributed by atoms with van der Waals surface area (Å²) in [7, 11) is 1.40. The van der Waals surface area contributed by atoms with Gasteiger partial charge in [0.05, 0.1) is 13.2 Å². The van der Waals surface area contributed by atoms with Gasteiger partial charge in [-0.05, 0) is 36.8 Å². The number of hydrogen-bond acceptors (Lipinski definition) is 5. The van der Waals surface area contributed by atoms with E-state index in [0.717, 1.165) is 12.1 Å². The van der Waals surface area contributed by atoms with E-state index in [2.05, 4.69) is 15.0 Å². The molecule has 0 fully saturated rings. The van der Waals surface area contributed by atoms with Crippen LogP contribution in [0.5, 0.6) is 11.5 Å². The standard InChI is InChI=1S/C21H16F6N2O3S/c1-11(12-5-3-8-15(9-12)32-21(25,26)27)28-18(30)16-17(20(22,23)24)29-19(33-16)13-6-4-7-14(10-13)31-2/h3-11H,1-2H3,(H,28,30)/t11-/m0/s1. The van der Waals surface area contributed by atoms with E-state index in [0.29, 0.717) is 22.6 Å². The summed E-state index contributed by atoms with van der Waals surface area (Å²) in [4.78, 5) is 15.6. The first-order valence-corrected chi connectivity index (χ1v) is 10.1. The van der Waals surface area contributed by atoms with Crippen LogP contribution >= 0.6 is 11.3 Å². The van der Waals surface area contributed by atoms with Crippen molar-refractivity contribution in [1.82, 2.24) is 10.3 Å². The summed E-state index contributed by atoms with van der Waals surface area (Å²) < 4.78 is 86.9. The third-order valence-corrected chi connectivity index (χ3v) is 5.46. The third kappa shape index (κ3) is 6.15. The topological polar surface area (TPSA) is 60.5 Å². The van der Waals surface area contributed by atoms with Crippen molar-refractivity contribution in [2.75, 3.05) is 7.11 Å². The molecule has 0 saturated carbocycles. The average Bonchev–Trinajstić information content (AvgIpc) is 3.19. The van der Waals surface area contributed by atoms with Crippen molar-refractivity contribution in [3.8, 4) is 22.1 Å². The predicted octanol–water partition coefficient (Wildman–Crippen LogP) is 6.23. The minimum absolute atomic E-state index is 0.0420. The van der Waals surface area contributed by atoms with Crippen LogP contribution in [0.2, 0.25) is 0 Å². The molecular weight excluding hydrogens is 474 g/mol. The lowest BCUT2D eigenvalue weighted by Gasteiger charge is -2.16. The number of nitrogens with one attached hydrogen (secondary N) is 1. The molecule has 0 aliphatic carbocycles. The molecule has 1 amide bonds. The highest BCUT2D eigenvalue weighted by Gasteiger charge is 2.40. The van der Waals surface area contributed by atoms with Gasteiger partial charge in [-0.2, -0.15) is 13.2 Å². The van der Waals surface area contributed by atoms with E-state index in [9.17, 15) is 31.1 Å². The molecule has 33 heavy (non-hydrogen) atoms. The molecule has 176 valence electrons. The van der Waals surface area contributed by atoms with E-state index in [1.807, 2.05) is 0 Å². The highest BCUT2D eigenvalue weighted by atomic mass is 32.1. The molecule has 1 aromatic heterocycles. The van der Waals surface area contributed by atoms with Crippen molar-refractivity contribution in [3.63, 3.8) is 0 Å². The molecule has 0 unspecified atom stereocenters. The van der Waals surface area contributed by atoms with Crippen LogP contribution in [0, 0.1) is 0 Å². The van der Waals surface area contributed by atoms with Crippen molar-refractivity contribution in [1.29, 1.82) is 0 Å². The minimum atomic E-state index is -4.91. The fraction of sp³-hybridized carbons (Fsp3) is 0.238. The van der Waals surface area contributed by atoms with E-state index in [4.69, 9.17) is 4.74 Å². The SMILES string of the molecule is COc1cccc(-c2nc(C(F)(F)F)c(C(=O)N[C@@H](C)c3cccc(OC(F)(F)F)c3)s2)c1. The Bertz CT molecular complexity index is 1140. The summed E-state index contributed by atoms with van der Waals surface area (Å²) in [5, 5.41) is 2.33. The highest BCUT2D eigenvalue weighted by molar-refractivity contribution is 7.17. The molecule has 0 saturated heterocycles. The molecule has 0 aliphatic rings. The van der Waals surface area contributed by atoms with Gasteiger partial charge < -0.3 is 14.8 Å². The van der Waals surface area contributed by atoms with E-state index in [-0.39, 0.29) is 10.6 Å². The summed E-state index contributed by atoms with van der Waals surface area (Å²) in [6, 6.07) is 10.1. The Balaban J connectivity index is 1.88. The van der Waals surface area contributed by atoms with E-state index in [1.54, 1.807) is 12.1 Å². The van der Waals surface area contributed by atoms with Crippen LogP contribution in [0.3, 0.4) is 0 Å². The van der Waals surface area contributed by atoms with Crippen LogP contribution in [0.4, 0.5) is 26.3 Å². The Hall–Kier alpha value is -3.28. The molecule has 0 bridgehead atoms. The average molecular weight is 490 g/mol. The summed E-state index contributed by atoms with van der Waals surface area (Å²) in [6.45, 7) is 1.42. The number of ether oxygens (including phenoxy) is 2. The Morgan fingerprint density at radius 2 is 1.70 bits per heavy atom. The third-order valence-electron chi connectivity index (χ3n) is 4.36. The minimum Gasteiger partial charge on any atom is -0.497 e. The van der Waals surface area contributed by atoms with Gasteiger partial charge in [0.2, 0.25) is 0 Å². The Labute approximate surface area is 188 Å². The van der Waals surface area contributed by atoms with Gasteiger partial charge >= 0.3 is 12.5 Å². The number of aromatic nitrogens is 1. The second-order valence-corrected chi connectivity index (χ2v) is 7.74. The Morgan fingerprint density at radius 3 is 2.33 bits per heavy atom. The van der Waals surface area contributed by atoms with Crippen LogP contribution in [0.1, 0.15) is 33.9 Å². The van der Waals surface area contributed by atoms with Crippen molar-refractivity contribution in [2.24, 2.45) is 0 Å². The van der Waals surface area contributed by atoms with Gasteiger partial charge in [0.25, 0.3) is 5.91 Å². The van der Waals surface area contributed by atoms with Crippen molar-refractivity contribution in [3.05, 3.63) is 64.7 Å². The lowest BCUT2D eigenvalue weighted by atomic mass is 10.1. The van der Waals surface area contributed by atoms with Crippen molar-refractivity contribution >= 4 is 17.2 Å². The number of rotatable bonds is 6. The first-order chi connectivity index (χ1) is 15.4. The molecule has 0 aliphatic heterocycles. The van der Waals surface area contributed by atoms with Gasteiger partial charge in [0.15, 0.2) is 5.69 Å². The molecular formula is C21H16F6N2O3S.